The fourth-order valence-corrected chi connectivity index (χ4v) is 2.70. The summed E-state index contributed by atoms with van der Waals surface area (Å²) in [7, 11) is 3.16. The first kappa shape index (κ1) is 16.4. The number of hydrogen-bond acceptors (Lipinski definition) is 4. The number of urea groups is 1. The van der Waals surface area contributed by atoms with Gasteiger partial charge in [0.1, 0.15) is 0 Å². The number of nitrogens with one attached hydrogen (secondary N) is 2. The molecule has 2 amide bonds. The molecule has 3 N–H and O–H groups in total. The predicted molar refractivity (Wildman–Crippen MR) is 83.2 cm³/mol. The number of hydrogen-bond donors (Lipinski definition) is 3. The van der Waals surface area contributed by atoms with Gasteiger partial charge < -0.3 is 25.2 Å². The molecule has 1 aromatic carbocycles. The normalized spacial score (nSPS) is 21.0. The second kappa shape index (κ2) is 7.89. The van der Waals surface area contributed by atoms with E-state index in [2.05, 4.69) is 10.6 Å². The lowest BCUT2D eigenvalue weighted by Crippen LogP contribution is -2.44. The van der Waals surface area contributed by atoms with Crippen LogP contribution in [-0.4, -0.2) is 37.5 Å². The van der Waals surface area contributed by atoms with Crippen molar-refractivity contribution in [1.82, 2.24) is 10.6 Å². The van der Waals surface area contributed by atoms with Crippen molar-refractivity contribution in [3.8, 4) is 11.5 Å². The van der Waals surface area contributed by atoms with Gasteiger partial charge in [-0.05, 0) is 43.4 Å². The molecule has 0 unspecified atom stereocenters. The van der Waals surface area contributed by atoms with E-state index in [-0.39, 0.29) is 18.2 Å². The van der Waals surface area contributed by atoms with Crippen molar-refractivity contribution in [2.45, 2.75) is 44.4 Å². The SMILES string of the molecule is COc1ccc(CNC(=O)N[C@@H]2CCC[C@@H](O)C2)cc1OC. The average Bonchev–Trinajstić information content (AvgIpc) is 2.52. The third kappa shape index (κ3) is 4.53. The molecule has 6 heteroatoms. The highest BCUT2D eigenvalue weighted by Crippen LogP contribution is 2.27. The number of ether oxygens (including phenoxy) is 2. The van der Waals surface area contributed by atoms with E-state index in [9.17, 15) is 9.90 Å². The predicted octanol–water partition coefficient (Wildman–Crippen LogP) is 1.81. The monoisotopic (exact) mass is 308 g/mol. The van der Waals surface area contributed by atoms with Gasteiger partial charge in [0.05, 0.1) is 20.3 Å². The number of aliphatic hydroxyl groups is 1. The van der Waals surface area contributed by atoms with E-state index in [1.807, 2.05) is 18.2 Å². The number of benzene rings is 1. The molecule has 1 fully saturated rings. The van der Waals surface area contributed by atoms with E-state index in [1.54, 1.807) is 14.2 Å². The molecule has 2 atom stereocenters. The van der Waals surface area contributed by atoms with E-state index >= 15 is 0 Å². The van der Waals surface area contributed by atoms with Gasteiger partial charge in [0, 0.05) is 12.6 Å². The maximum atomic E-state index is 11.9. The molecule has 1 aliphatic rings. The zero-order valence-corrected chi connectivity index (χ0v) is 13.1. The summed E-state index contributed by atoms with van der Waals surface area (Å²) in [6.45, 7) is 0.404. The number of rotatable bonds is 5. The van der Waals surface area contributed by atoms with Crippen LogP contribution in [0.15, 0.2) is 18.2 Å². The van der Waals surface area contributed by atoms with Crippen LogP contribution in [-0.2, 0) is 6.54 Å². The third-order valence-corrected chi connectivity index (χ3v) is 3.88. The Kier molecular flexibility index (Phi) is 5.89. The number of amides is 2. The van der Waals surface area contributed by atoms with Crippen LogP contribution in [0.2, 0.25) is 0 Å². The summed E-state index contributed by atoms with van der Waals surface area (Å²) >= 11 is 0. The van der Waals surface area contributed by atoms with Crippen molar-refractivity contribution in [3.05, 3.63) is 23.8 Å². The number of aliphatic hydroxyl groups excluding tert-OH is 1. The van der Waals surface area contributed by atoms with Gasteiger partial charge in [-0.1, -0.05) is 6.07 Å². The second-order valence-electron chi connectivity index (χ2n) is 5.53. The van der Waals surface area contributed by atoms with Gasteiger partial charge in [-0.2, -0.15) is 0 Å². The summed E-state index contributed by atoms with van der Waals surface area (Å²) in [5.41, 5.74) is 0.927. The van der Waals surface area contributed by atoms with Gasteiger partial charge in [0.2, 0.25) is 0 Å². The number of carbonyl (C=O) groups is 1. The molecule has 22 heavy (non-hydrogen) atoms. The highest BCUT2D eigenvalue weighted by Gasteiger charge is 2.21. The highest BCUT2D eigenvalue weighted by atomic mass is 16.5. The Hall–Kier alpha value is -1.95. The summed E-state index contributed by atoms with van der Waals surface area (Å²) < 4.78 is 10.4. The Morgan fingerprint density at radius 1 is 1.27 bits per heavy atom. The minimum Gasteiger partial charge on any atom is -0.493 e. The Morgan fingerprint density at radius 2 is 2.05 bits per heavy atom. The molecule has 122 valence electrons. The molecule has 6 nitrogen and oxygen atoms in total. The Labute approximate surface area is 130 Å². The van der Waals surface area contributed by atoms with Gasteiger partial charge in [-0.3, -0.25) is 0 Å². The minimum absolute atomic E-state index is 0.0501. The van der Waals surface area contributed by atoms with Crippen molar-refractivity contribution in [3.63, 3.8) is 0 Å². The second-order valence-corrected chi connectivity index (χ2v) is 5.53. The quantitative estimate of drug-likeness (QED) is 0.775. The van der Waals surface area contributed by atoms with Gasteiger partial charge in [-0.15, -0.1) is 0 Å². The van der Waals surface area contributed by atoms with E-state index in [0.29, 0.717) is 24.5 Å². The minimum atomic E-state index is -0.301. The molecule has 0 aromatic heterocycles. The molecule has 0 heterocycles. The summed E-state index contributed by atoms with van der Waals surface area (Å²) in [6.07, 6.45) is 3.02. The van der Waals surface area contributed by atoms with Gasteiger partial charge in [-0.25, -0.2) is 4.79 Å². The molecule has 0 radical (unpaired) electrons. The average molecular weight is 308 g/mol. The fourth-order valence-electron chi connectivity index (χ4n) is 2.70. The molecule has 0 aliphatic heterocycles. The van der Waals surface area contributed by atoms with E-state index in [4.69, 9.17) is 9.47 Å². The van der Waals surface area contributed by atoms with Crippen molar-refractivity contribution in [2.75, 3.05) is 14.2 Å². The standard InChI is InChI=1S/C16H24N2O4/c1-21-14-7-6-11(8-15(14)22-2)10-17-16(20)18-12-4-3-5-13(19)9-12/h6-8,12-13,19H,3-5,9-10H2,1-2H3,(H2,17,18,20)/t12-,13-/m1/s1. The smallest absolute Gasteiger partial charge is 0.315 e. The molecular weight excluding hydrogens is 284 g/mol. The molecule has 0 spiro atoms. The van der Waals surface area contributed by atoms with Gasteiger partial charge in [0.25, 0.3) is 0 Å². The number of methoxy groups -OCH3 is 2. The van der Waals surface area contributed by atoms with Crippen LogP contribution in [0.25, 0.3) is 0 Å². The van der Waals surface area contributed by atoms with Crippen LogP contribution in [0.4, 0.5) is 4.79 Å². The molecular formula is C16H24N2O4. The van der Waals surface area contributed by atoms with Crippen LogP contribution in [0.5, 0.6) is 11.5 Å². The van der Waals surface area contributed by atoms with Crippen LogP contribution >= 0.6 is 0 Å². The topological polar surface area (TPSA) is 79.8 Å². The number of carbonyl (C=O) groups excluding carboxylic acids is 1. The maximum Gasteiger partial charge on any atom is 0.315 e. The molecule has 0 bridgehead atoms. The highest BCUT2D eigenvalue weighted by molar-refractivity contribution is 5.74. The lowest BCUT2D eigenvalue weighted by molar-refractivity contribution is 0.113. The summed E-state index contributed by atoms with van der Waals surface area (Å²) in [6, 6.07) is 5.36. The Morgan fingerprint density at radius 3 is 2.73 bits per heavy atom. The lowest BCUT2D eigenvalue weighted by Gasteiger charge is -2.26. The van der Waals surface area contributed by atoms with E-state index in [1.165, 1.54) is 0 Å². The summed E-state index contributed by atoms with van der Waals surface area (Å²) in [5.74, 6) is 1.30. The Bertz CT molecular complexity index is 507. The Balaban J connectivity index is 1.83. The van der Waals surface area contributed by atoms with Crippen LogP contribution in [0.1, 0.15) is 31.2 Å². The molecule has 1 aromatic rings. The first-order valence-corrected chi connectivity index (χ1v) is 7.55. The zero-order chi connectivity index (χ0) is 15.9. The van der Waals surface area contributed by atoms with Crippen molar-refractivity contribution < 1.29 is 19.4 Å². The molecule has 2 rings (SSSR count). The maximum absolute atomic E-state index is 11.9. The first-order chi connectivity index (χ1) is 10.6. The van der Waals surface area contributed by atoms with Crippen LogP contribution in [0, 0.1) is 0 Å². The fraction of sp³-hybridized carbons (Fsp3) is 0.562. The molecule has 0 saturated heterocycles. The molecule has 1 saturated carbocycles. The first-order valence-electron chi connectivity index (χ1n) is 7.55. The van der Waals surface area contributed by atoms with E-state index < -0.39 is 0 Å². The van der Waals surface area contributed by atoms with Crippen molar-refractivity contribution >= 4 is 6.03 Å². The zero-order valence-electron chi connectivity index (χ0n) is 13.1. The summed E-state index contributed by atoms with van der Waals surface area (Å²) in [4.78, 5) is 11.9. The van der Waals surface area contributed by atoms with Crippen molar-refractivity contribution in [2.24, 2.45) is 0 Å². The van der Waals surface area contributed by atoms with Crippen LogP contribution < -0.4 is 20.1 Å². The lowest BCUT2D eigenvalue weighted by atomic mass is 9.93. The third-order valence-electron chi connectivity index (χ3n) is 3.88. The van der Waals surface area contributed by atoms with Crippen molar-refractivity contribution in [1.29, 1.82) is 0 Å². The van der Waals surface area contributed by atoms with Gasteiger partial charge >= 0.3 is 6.03 Å². The van der Waals surface area contributed by atoms with E-state index in [0.717, 1.165) is 24.8 Å². The molecule has 1 aliphatic carbocycles. The summed E-state index contributed by atoms with van der Waals surface area (Å²) in [5, 5.41) is 15.3. The van der Waals surface area contributed by atoms with Gasteiger partial charge in [0.15, 0.2) is 11.5 Å². The largest absolute Gasteiger partial charge is 0.493 e. The van der Waals surface area contributed by atoms with Crippen LogP contribution in [0.3, 0.4) is 0 Å².